The minimum absolute atomic E-state index is 0.164. The summed E-state index contributed by atoms with van der Waals surface area (Å²) in [6.45, 7) is 1.66. The molecule has 7 heteroatoms. The van der Waals surface area contributed by atoms with E-state index in [0.717, 1.165) is 31.2 Å². The number of ether oxygens (including phenoxy) is 1. The van der Waals surface area contributed by atoms with Crippen LogP contribution in [0.4, 0.5) is 5.69 Å². The first-order chi connectivity index (χ1) is 14.3. The molecule has 1 aliphatic carbocycles. The van der Waals surface area contributed by atoms with Gasteiger partial charge in [-0.3, -0.25) is 9.10 Å². The van der Waals surface area contributed by atoms with Crippen molar-refractivity contribution in [2.75, 3.05) is 25.0 Å². The van der Waals surface area contributed by atoms with Crippen LogP contribution in [-0.4, -0.2) is 46.0 Å². The Hall–Kier alpha value is -2.54. The van der Waals surface area contributed by atoms with Crippen LogP contribution in [0.25, 0.3) is 0 Å². The summed E-state index contributed by atoms with van der Waals surface area (Å²) < 4.78 is 33.3. The van der Waals surface area contributed by atoms with Crippen molar-refractivity contribution in [1.82, 2.24) is 4.90 Å². The Balaban J connectivity index is 1.92. The second-order valence-electron chi connectivity index (χ2n) is 7.82. The normalized spacial score (nSPS) is 14.9. The average molecular weight is 431 g/mol. The summed E-state index contributed by atoms with van der Waals surface area (Å²) in [6, 6.07) is 13.6. The summed E-state index contributed by atoms with van der Waals surface area (Å²) in [4.78, 5) is 15.0. The monoisotopic (exact) mass is 430 g/mol. The molecule has 3 rings (SSSR count). The van der Waals surface area contributed by atoms with Gasteiger partial charge >= 0.3 is 0 Å². The van der Waals surface area contributed by atoms with Crippen molar-refractivity contribution in [3.63, 3.8) is 0 Å². The molecule has 0 atom stereocenters. The molecule has 30 heavy (non-hydrogen) atoms. The largest absolute Gasteiger partial charge is 0.497 e. The average Bonchev–Trinajstić information content (AvgIpc) is 2.77. The van der Waals surface area contributed by atoms with Gasteiger partial charge in [0, 0.05) is 13.1 Å². The number of amides is 1. The van der Waals surface area contributed by atoms with Gasteiger partial charge < -0.3 is 9.64 Å². The van der Waals surface area contributed by atoms with Crippen LogP contribution >= 0.6 is 0 Å². The summed E-state index contributed by atoms with van der Waals surface area (Å²) in [5.74, 6) is 0.422. The second-order valence-corrected chi connectivity index (χ2v) is 9.68. The zero-order chi connectivity index (χ0) is 21.7. The van der Waals surface area contributed by atoms with Gasteiger partial charge in [-0.1, -0.05) is 37.0 Å². The number of methoxy groups -OCH3 is 1. The van der Waals surface area contributed by atoms with E-state index in [0.29, 0.717) is 11.4 Å². The molecule has 0 N–H and O–H groups in total. The van der Waals surface area contributed by atoms with Crippen LogP contribution in [-0.2, 0) is 14.8 Å². The number of nitrogens with zero attached hydrogens (tertiary/aromatic N) is 2. The third-order valence-electron chi connectivity index (χ3n) is 5.76. The first-order valence-electron chi connectivity index (χ1n) is 10.3. The van der Waals surface area contributed by atoms with Crippen LogP contribution in [0.15, 0.2) is 53.4 Å². The molecular formula is C23H30N2O4S. The van der Waals surface area contributed by atoms with E-state index >= 15 is 0 Å². The smallest absolute Gasteiger partial charge is 0.264 e. The number of benzene rings is 2. The molecular weight excluding hydrogens is 400 g/mol. The molecule has 0 unspecified atom stereocenters. The highest BCUT2D eigenvalue weighted by Gasteiger charge is 2.30. The van der Waals surface area contributed by atoms with Crippen LogP contribution in [0.3, 0.4) is 0 Å². The van der Waals surface area contributed by atoms with Gasteiger partial charge in [0.25, 0.3) is 10.0 Å². The number of hydrogen-bond donors (Lipinski definition) is 0. The third-order valence-corrected chi connectivity index (χ3v) is 7.55. The van der Waals surface area contributed by atoms with Gasteiger partial charge in [0.05, 0.1) is 17.7 Å². The van der Waals surface area contributed by atoms with Crippen molar-refractivity contribution in [3.05, 3.63) is 54.1 Å². The Labute approximate surface area is 179 Å². The maximum absolute atomic E-state index is 13.5. The molecule has 0 aliphatic heterocycles. The summed E-state index contributed by atoms with van der Waals surface area (Å²) in [6.07, 6.45) is 5.33. The van der Waals surface area contributed by atoms with Crippen LogP contribution in [0.2, 0.25) is 0 Å². The number of rotatable bonds is 7. The Morgan fingerprint density at radius 1 is 1.00 bits per heavy atom. The molecule has 1 aliphatic rings. The molecule has 1 amide bonds. The number of hydrogen-bond acceptors (Lipinski definition) is 4. The number of likely N-dealkylation sites (N-methyl/N-ethyl adjacent to an activating group) is 1. The predicted octanol–water partition coefficient (Wildman–Crippen LogP) is 3.99. The van der Waals surface area contributed by atoms with Gasteiger partial charge in [-0.05, 0) is 56.2 Å². The second kappa shape index (κ2) is 9.51. The molecule has 1 fully saturated rings. The van der Waals surface area contributed by atoms with Crippen molar-refractivity contribution >= 4 is 21.6 Å². The van der Waals surface area contributed by atoms with E-state index < -0.39 is 10.0 Å². The van der Waals surface area contributed by atoms with Gasteiger partial charge in [0.2, 0.25) is 5.91 Å². The van der Waals surface area contributed by atoms with Crippen LogP contribution in [0.1, 0.15) is 37.7 Å². The molecule has 2 aromatic carbocycles. The first-order valence-corrected chi connectivity index (χ1v) is 11.8. The zero-order valence-corrected chi connectivity index (χ0v) is 18.7. The van der Waals surface area contributed by atoms with Gasteiger partial charge in [0.15, 0.2) is 0 Å². The number of aryl methyl sites for hydroxylation is 1. The first kappa shape index (κ1) is 22.2. The molecule has 0 aromatic heterocycles. The van der Waals surface area contributed by atoms with E-state index in [2.05, 4.69) is 0 Å². The zero-order valence-electron chi connectivity index (χ0n) is 17.9. The maximum atomic E-state index is 13.5. The summed E-state index contributed by atoms with van der Waals surface area (Å²) >= 11 is 0. The SMILES string of the molecule is COc1ccc(N(CC(=O)N(C)C2CCCCC2)S(=O)(=O)c2ccc(C)cc2)cc1. The lowest BCUT2D eigenvalue weighted by molar-refractivity contribution is -0.130. The molecule has 0 spiro atoms. The Morgan fingerprint density at radius 3 is 2.17 bits per heavy atom. The Morgan fingerprint density at radius 2 is 1.60 bits per heavy atom. The molecule has 0 bridgehead atoms. The minimum atomic E-state index is -3.90. The highest BCUT2D eigenvalue weighted by molar-refractivity contribution is 7.92. The van der Waals surface area contributed by atoms with Crippen LogP contribution in [0.5, 0.6) is 5.75 Å². The lowest BCUT2D eigenvalue weighted by atomic mass is 9.94. The highest BCUT2D eigenvalue weighted by Crippen LogP contribution is 2.27. The summed E-state index contributed by atoms with van der Waals surface area (Å²) in [7, 11) is -0.570. The van der Waals surface area contributed by atoms with E-state index in [1.54, 1.807) is 67.6 Å². The van der Waals surface area contributed by atoms with E-state index in [1.807, 2.05) is 6.92 Å². The van der Waals surface area contributed by atoms with E-state index in [4.69, 9.17) is 4.74 Å². The van der Waals surface area contributed by atoms with E-state index in [9.17, 15) is 13.2 Å². The number of carbonyl (C=O) groups excluding carboxylic acids is 1. The standard InChI is InChI=1S/C23H30N2O4S/c1-18-9-15-22(16-10-18)30(27,28)25(20-11-13-21(29-3)14-12-20)17-23(26)24(2)19-7-5-4-6-8-19/h9-16,19H,4-8,17H2,1-3H3. The van der Waals surface area contributed by atoms with Gasteiger partial charge in [-0.2, -0.15) is 0 Å². The molecule has 0 heterocycles. The maximum Gasteiger partial charge on any atom is 0.264 e. The lowest BCUT2D eigenvalue weighted by Crippen LogP contribution is -2.45. The molecule has 1 saturated carbocycles. The van der Waals surface area contributed by atoms with Gasteiger partial charge in [-0.15, -0.1) is 0 Å². The fourth-order valence-corrected chi connectivity index (χ4v) is 5.22. The summed E-state index contributed by atoms with van der Waals surface area (Å²) in [5.41, 5.74) is 1.40. The Bertz CT molecular complexity index is 950. The van der Waals surface area contributed by atoms with E-state index in [-0.39, 0.29) is 23.4 Å². The fraction of sp³-hybridized carbons (Fsp3) is 0.435. The highest BCUT2D eigenvalue weighted by atomic mass is 32.2. The number of anilines is 1. The molecule has 0 saturated heterocycles. The van der Waals surface area contributed by atoms with Crippen LogP contribution in [0, 0.1) is 6.92 Å². The van der Waals surface area contributed by atoms with Crippen molar-refractivity contribution in [2.45, 2.75) is 50.0 Å². The van der Waals surface area contributed by atoms with E-state index in [1.165, 1.54) is 10.7 Å². The quantitative estimate of drug-likeness (QED) is 0.666. The molecule has 162 valence electrons. The van der Waals surface area contributed by atoms with Gasteiger partial charge in [-0.25, -0.2) is 8.42 Å². The van der Waals surface area contributed by atoms with Crippen LogP contribution < -0.4 is 9.04 Å². The van der Waals surface area contributed by atoms with Crippen molar-refractivity contribution in [2.24, 2.45) is 0 Å². The number of sulfonamides is 1. The summed E-state index contributed by atoms with van der Waals surface area (Å²) in [5, 5.41) is 0. The third kappa shape index (κ3) is 4.95. The predicted molar refractivity (Wildman–Crippen MR) is 118 cm³/mol. The lowest BCUT2D eigenvalue weighted by Gasteiger charge is -2.33. The minimum Gasteiger partial charge on any atom is -0.497 e. The number of carbonyl (C=O) groups is 1. The van der Waals surface area contributed by atoms with Gasteiger partial charge in [0.1, 0.15) is 12.3 Å². The Kier molecular flexibility index (Phi) is 7.02. The topological polar surface area (TPSA) is 66.9 Å². The molecule has 6 nitrogen and oxygen atoms in total. The van der Waals surface area contributed by atoms with Crippen molar-refractivity contribution in [3.8, 4) is 5.75 Å². The molecule has 0 radical (unpaired) electrons. The fourth-order valence-electron chi connectivity index (χ4n) is 3.81. The van der Waals surface area contributed by atoms with Crippen molar-refractivity contribution < 1.29 is 17.9 Å². The van der Waals surface area contributed by atoms with Crippen molar-refractivity contribution in [1.29, 1.82) is 0 Å². The molecule has 2 aromatic rings.